The minimum atomic E-state index is -0.331. The molecule has 4 nitrogen and oxygen atoms in total. The van der Waals surface area contributed by atoms with Gasteiger partial charge >= 0.3 is 0 Å². The molecule has 0 bridgehead atoms. The van der Waals surface area contributed by atoms with Gasteiger partial charge in [-0.2, -0.15) is 0 Å². The highest BCUT2D eigenvalue weighted by molar-refractivity contribution is 5.77. The van der Waals surface area contributed by atoms with E-state index >= 15 is 0 Å². The molecule has 0 radical (unpaired) electrons. The van der Waals surface area contributed by atoms with Gasteiger partial charge < -0.3 is 15.7 Å². The maximum absolute atomic E-state index is 11.3. The van der Waals surface area contributed by atoms with Gasteiger partial charge in [-0.3, -0.25) is 4.79 Å². The van der Waals surface area contributed by atoms with E-state index in [1.165, 1.54) is 0 Å². The fourth-order valence-electron chi connectivity index (χ4n) is 1.37. The van der Waals surface area contributed by atoms with Crippen LogP contribution in [0.1, 0.15) is 19.8 Å². The number of likely N-dealkylation sites (tertiary alicyclic amines) is 1. The number of rotatable bonds is 2. The van der Waals surface area contributed by atoms with Crippen LogP contribution in [-0.2, 0) is 4.79 Å². The lowest BCUT2D eigenvalue weighted by molar-refractivity contribution is -0.130. The number of nitrogens with zero attached hydrogens (tertiary/aromatic N) is 1. The predicted molar refractivity (Wildman–Crippen MR) is 45.5 cm³/mol. The van der Waals surface area contributed by atoms with E-state index in [1.54, 1.807) is 4.90 Å². The zero-order chi connectivity index (χ0) is 9.14. The van der Waals surface area contributed by atoms with Crippen molar-refractivity contribution in [1.29, 1.82) is 0 Å². The molecule has 1 fully saturated rings. The monoisotopic (exact) mass is 172 g/mol. The van der Waals surface area contributed by atoms with E-state index < -0.39 is 0 Å². The van der Waals surface area contributed by atoms with Crippen LogP contribution in [0.5, 0.6) is 0 Å². The first-order valence-electron chi connectivity index (χ1n) is 4.31. The summed E-state index contributed by atoms with van der Waals surface area (Å²) in [6, 6.07) is -0.0877. The van der Waals surface area contributed by atoms with Gasteiger partial charge in [0.15, 0.2) is 0 Å². The van der Waals surface area contributed by atoms with Crippen LogP contribution in [0.2, 0.25) is 0 Å². The molecule has 0 aromatic heterocycles. The van der Waals surface area contributed by atoms with E-state index in [9.17, 15) is 4.79 Å². The molecule has 70 valence electrons. The van der Waals surface area contributed by atoms with Crippen LogP contribution in [0.4, 0.5) is 0 Å². The zero-order valence-corrected chi connectivity index (χ0v) is 7.36. The highest BCUT2D eigenvalue weighted by Crippen LogP contribution is 2.10. The summed E-state index contributed by atoms with van der Waals surface area (Å²) >= 11 is 0. The summed E-state index contributed by atoms with van der Waals surface area (Å²) in [4.78, 5) is 13.0. The first-order chi connectivity index (χ1) is 5.59. The summed E-state index contributed by atoms with van der Waals surface area (Å²) in [5.74, 6) is 0.0570. The van der Waals surface area contributed by atoms with Crippen molar-refractivity contribution in [3.8, 4) is 0 Å². The molecule has 1 rings (SSSR count). The number of hydrogen-bond donors (Lipinski definition) is 2. The Morgan fingerprint density at radius 2 is 2.50 bits per heavy atom. The number of aliphatic hydroxyl groups is 1. The lowest BCUT2D eigenvalue weighted by Gasteiger charge is -2.16. The summed E-state index contributed by atoms with van der Waals surface area (Å²) in [6.07, 6.45) is 0.749. The number of β-amino-alcohol motifs (C(OH)–C–C–N with tert-alkyl or cyclic N) is 1. The Bertz CT molecular complexity index is 170. The number of hydrogen-bond acceptors (Lipinski definition) is 3. The standard InChI is InChI=1S/C8H16N2O2/c1-6(9)4-8(12)10-3-2-7(11)5-10/h6-7,11H,2-5,9H2,1H3/t6?,7-/m0/s1. The number of aliphatic hydroxyl groups excluding tert-OH is 1. The summed E-state index contributed by atoms with van der Waals surface area (Å²) in [5.41, 5.74) is 5.49. The van der Waals surface area contributed by atoms with E-state index in [4.69, 9.17) is 10.8 Å². The van der Waals surface area contributed by atoms with Crippen LogP contribution in [0.25, 0.3) is 0 Å². The molecule has 1 unspecified atom stereocenters. The summed E-state index contributed by atoms with van der Waals surface area (Å²) in [6.45, 7) is 2.96. The van der Waals surface area contributed by atoms with E-state index in [0.29, 0.717) is 25.9 Å². The van der Waals surface area contributed by atoms with Crippen molar-refractivity contribution in [2.75, 3.05) is 13.1 Å². The molecule has 0 aliphatic carbocycles. The van der Waals surface area contributed by atoms with Gasteiger partial charge in [0.05, 0.1) is 6.10 Å². The normalized spacial score (nSPS) is 25.9. The molecule has 2 atom stereocenters. The van der Waals surface area contributed by atoms with E-state index in [2.05, 4.69) is 0 Å². The SMILES string of the molecule is CC(N)CC(=O)N1CC[C@H](O)C1. The highest BCUT2D eigenvalue weighted by atomic mass is 16.3. The first-order valence-corrected chi connectivity index (χ1v) is 4.31. The Morgan fingerprint density at radius 1 is 1.83 bits per heavy atom. The van der Waals surface area contributed by atoms with Gasteiger partial charge in [0, 0.05) is 25.6 Å². The smallest absolute Gasteiger partial charge is 0.224 e. The van der Waals surface area contributed by atoms with E-state index in [0.717, 1.165) is 0 Å². The third-order valence-corrected chi connectivity index (χ3v) is 2.01. The van der Waals surface area contributed by atoms with Crippen LogP contribution >= 0.6 is 0 Å². The van der Waals surface area contributed by atoms with Crippen molar-refractivity contribution in [1.82, 2.24) is 4.90 Å². The highest BCUT2D eigenvalue weighted by Gasteiger charge is 2.24. The largest absolute Gasteiger partial charge is 0.391 e. The molecule has 1 heterocycles. The van der Waals surface area contributed by atoms with E-state index in [-0.39, 0.29) is 18.1 Å². The fraction of sp³-hybridized carbons (Fsp3) is 0.875. The molecule has 0 saturated carbocycles. The van der Waals surface area contributed by atoms with Crippen LogP contribution in [0.15, 0.2) is 0 Å². The van der Waals surface area contributed by atoms with Crippen molar-refractivity contribution < 1.29 is 9.90 Å². The summed E-state index contributed by atoms with van der Waals surface area (Å²) < 4.78 is 0. The second-order valence-corrected chi connectivity index (χ2v) is 3.46. The molecule has 0 aromatic carbocycles. The molecular formula is C8H16N2O2. The quantitative estimate of drug-likeness (QED) is 0.580. The van der Waals surface area contributed by atoms with Crippen molar-refractivity contribution in [2.45, 2.75) is 31.9 Å². The number of nitrogens with two attached hydrogens (primary N) is 1. The Balaban J connectivity index is 2.33. The number of carbonyl (C=O) groups excluding carboxylic acids is 1. The molecule has 1 amide bonds. The Kier molecular flexibility index (Phi) is 3.05. The van der Waals surface area contributed by atoms with Gasteiger partial charge in [-0.25, -0.2) is 0 Å². The average molecular weight is 172 g/mol. The molecule has 1 aliphatic rings. The van der Waals surface area contributed by atoms with Crippen LogP contribution in [0.3, 0.4) is 0 Å². The molecule has 4 heteroatoms. The topological polar surface area (TPSA) is 66.6 Å². The van der Waals surface area contributed by atoms with Gasteiger partial charge in [0.1, 0.15) is 0 Å². The number of carbonyl (C=O) groups is 1. The maximum atomic E-state index is 11.3. The minimum Gasteiger partial charge on any atom is -0.391 e. The predicted octanol–water partition coefficient (Wildman–Crippen LogP) is -0.683. The molecule has 1 aliphatic heterocycles. The first kappa shape index (κ1) is 9.48. The van der Waals surface area contributed by atoms with Gasteiger partial charge in [-0.15, -0.1) is 0 Å². The third-order valence-electron chi connectivity index (χ3n) is 2.01. The van der Waals surface area contributed by atoms with Gasteiger partial charge in [0.2, 0.25) is 5.91 Å². The third kappa shape index (κ3) is 2.46. The minimum absolute atomic E-state index is 0.0570. The lowest BCUT2D eigenvalue weighted by atomic mass is 10.2. The molecule has 0 spiro atoms. The van der Waals surface area contributed by atoms with Crippen LogP contribution < -0.4 is 5.73 Å². The second-order valence-electron chi connectivity index (χ2n) is 3.46. The van der Waals surface area contributed by atoms with Gasteiger partial charge in [-0.1, -0.05) is 0 Å². The van der Waals surface area contributed by atoms with Gasteiger partial charge in [-0.05, 0) is 13.3 Å². The molecular weight excluding hydrogens is 156 g/mol. The van der Waals surface area contributed by atoms with E-state index in [1.807, 2.05) is 6.92 Å². The fourth-order valence-corrected chi connectivity index (χ4v) is 1.37. The zero-order valence-electron chi connectivity index (χ0n) is 7.36. The van der Waals surface area contributed by atoms with Crippen LogP contribution in [0, 0.1) is 0 Å². The van der Waals surface area contributed by atoms with Crippen molar-refractivity contribution >= 4 is 5.91 Å². The summed E-state index contributed by atoms with van der Waals surface area (Å²) in [5, 5.41) is 9.16. The van der Waals surface area contributed by atoms with Crippen LogP contribution in [-0.4, -0.2) is 41.1 Å². The van der Waals surface area contributed by atoms with Gasteiger partial charge in [0.25, 0.3) is 0 Å². The second kappa shape index (κ2) is 3.87. The number of amides is 1. The van der Waals surface area contributed by atoms with Crippen molar-refractivity contribution in [3.05, 3.63) is 0 Å². The van der Waals surface area contributed by atoms with Crippen molar-refractivity contribution in [3.63, 3.8) is 0 Å². The molecule has 1 saturated heterocycles. The molecule has 0 aromatic rings. The Hall–Kier alpha value is -0.610. The molecule has 12 heavy (non-hydrogen) atoms. The van der Waals surface area contributed by atoms with Crippen molar-refractivity contribution in [2.24, 2.45) is 5.73 Å². The lowest BCUT2D eigenvalue weighted by Crippen LogP contribution is -2.33. The Labute approximate surface area is 72.3 Å². The Morgan fingerprint density at radius 3 is 2.92 bits per heavy atom. The molecule has 3 N–H and O–H groups in total. The average Bonchev–Trinajstić information content (AvgIpc) is 2.34. The maximum Gasteiger partial charge on any atom is 0.224 e. The summed E-state index contributed by atoms with van der Waals surface area (Å²) in [7, 11) is 0.